The largest absolute Gasteiger partial charge is 0.444 e. The molecule has 0 rings (SSSR count). The minimum atomic E-state index is -0.544. The Morgan fingerprint density at radius 2 is 1.14 bits per heavy atom. The van der Waals surface area contributed by atoms with Crippen molar-refractivity contribution < 1.29 is 28.9 Å². The molecule has 0 aromatic heterocycles. The van der Waals surface area contributed by atoms with E-state index in [1.54, 1.807) is 27.7 Å². The summed E-state index contributed by atoms with van der Waals surface area (Å²) in [5.41, 5.74) is -0.936. The van der Waals surface area contributed by atoms with E-state index in [-0.39, 0.29) is 45.7 Å². The highest BCUT2D eigenvalue weighted by atomic mass is 32.1. The Hall–Kier alpha value is -0.840. The second kappa shape index (κ2) is 16.9. The van der Waals surface area contributed by atoms with Gasteiger partial charge in [-0.05, 0) is 69.2 Å². The maximum atomic E-state index is 11.3. The lowest BCUT2D eigenvalue weighted by Crippen LogP contribution is -2.37. The predicted octanol–water partition coefficient (Wildman–Crippen LogP) is 3.44. The van der Waals surface area contributed by atoms with E-state index < -0.39 is 29.5 Å². The number of hydrogen-bond donors (Lipinski definition) is 3. The van der Waals surface area contributed by atoms with E-state index in [9.17, 15) is 9.59 Å². The van der Waals surface area contributed by atoms with Crippen molar-refractivity contribution in [2.24, 2.45) is 0 Å². The van der Waals surface area contributed by atoms with Crippen LogP contribution in [0.1, 0.15) is 69.2 Å². The van der Waals surface area contributed by atoms with E-state index in [1.807, 2.05) is 41.5 Å². The Morgan fingerprint density at radius 1 is 0.793 bits per heavy atom. The molecule has 178 valence electrons. The minimum Gasteiger partial charge on any atom is -0.444 e. The van der Waals surface area contributed by atoms with Gasteiger partial charge in [0.2, 0.25) is 0 Å². The van der Waals surface area contributed by atoms with Crippen molar-refractivity contribution in [1.82, 2.24) is 10.6 Å². The summed E-state index contributed by atoms with van der Waals surface area (Å²) in [5, 5.41) is 13.9. The standard InChI is InChI=1S/C11H23NO3.C8H17NO3.2H2S/c1-8(2)14-9(3)7-12-10(13)15-11(4,5)6;1-6(10)5-9-7(11)12-8(2,3)4;;/h8-9H,7H2,1-6H3,(H,12,13);6,10H,5H2,1-4H3,(H,9,11);2*1H2/t9-;6-;;/m00../s1. The third-order valence-electron chi connectivity index (χ3n) is 2.38. The number of alkyl carbamates (subject to hydrolysis) is 2. The van der Waals surface area contributed by atoms with Crippen LogP contribution in [0.4, 0.5) is 9.59 Å². The molecule has 0 radical (unpaired) electrons. The first kappa shape index (κ1) is 35.6. The molecule has 0 unspecified atom stereocenters. The van der Waals surface area contributed by atoms with Crippen molar-refractivity contribution in [2.45, 2.75) is 98.8 Å². The number of aliphatic hydroxyl groups is 1. The molecule has 0 bridgehead atoms. The van der Waals surface area contributed by atoms with Crippen molar-refractivity contribution in [2.75, 3.05) is 13.1 Å². The van der Waals surface area contributed by atoms with Crippen LogP contribution in [-0.2, 0) is 14.2 Å². The summed E-state index contributed by atoms with van der Waals surface area (Å²) in [5.74, 6) is 0. The Morgan fingerprint density at radius 3 is 1.41 bits per heavy atom. The third-order valence-corrected chi connectivity index (χ3v) is 2.38. The van der Waals surface area contributed by atoms with Crippen molar-refractivity contribution >= 4 is 39.2 Å². The molecule has 3 N–H and O–H groups in total. The maximum Gasteiger partial charge on any atom is 0.407 e. The van der Waals surface area contributed by atoms with E-state index in [2.05, 4.69) is 10.6 Å². The number of carbonyl (C=O) groups is 2. The summed E-state index contributed by atoms with van der Waals surface area (Å²) in [4.78, 5) is 22.2. The van der Waals surface area contributed by atoms with Crippen LogP contribution in [0, 0.1) is 0 Å². The van der Waals surface area contributed by atoms with E-state index in [0.29, 0.717) is 6.54 Å². The Bertz CT molecular complexity index is 435. The molecule has 0 aliphatic rings. The molecule has 0 saturated carbocycles. The van der Waals surface area contributed by atoms with Gasteiger partial charge in [-0.3, -0.25) is 0 Å². The summed E-state index contributed by atoms with van der Waals surface area (Å²) >= 11 is 0. The summed E-state index contributed by atoms with van der Waals surface area (Å²) in [7, 11) is 0. The molecule has 0 heterocycles. The number of rotatable bonds is 6. The van der Waals surface area contributed by atoms with Crippen molar-refractivity contribution in [3.8, 4) is 0 Å². The number of ether oxygens (including phenoxy) is 3. The molecule has 10 heteroatoms. The fraction of sp³-hybridized carbons (Fsp3) is 0.895. The highest BCUT2D eigenvalue weighted by molar-refractivity contribution is 7.59. The summed E-state index contributed by atoms with van der Waals surface area (Å²) < 4.78 is 15.5. The van der Waals surface area contributed by atoms with Crippen LogP contribution < -0.4 is 10.6 Å². The molecule has 0 aromatic rings. The van der Waals surface area contributed by atoms with Crippen molar-refractivity contribution in [3.05, 3.63) is 0 Å². The third kappa shape index (κ3) is 32.1. The van der Waals surface area contributed by atoms with Gasteiger partial charge in [-0.1, -0.05) is 0 Å². The van der Waals surface area contributed by atoms with E-state index >= 15 is 0 Å². The zero-order valence-corrected chi connectivity index (χ0v) is 21.6. The number of amides is 2. The minimum absolute atomic E-state index is 0. The fourth-order valence-corrected chi connectivity index (χ4v) is 1.60. The summed E-state index contributed by atoms with van der Waals surface area (Å²) in [6, 6.07) is 0. The molecular formula is C19H44N2O6S2. The lowest BCUT2D eigenvalue weighted by molar-refractivity contribution is 0.0134. The van der Waals surface area contributed by atoms with Crippen molar-refractivity contribution in [3.63, 3.8) is 0 Å². The van der Waals surface area contributed by atoms with Gasteiger partial charge in [0.25, 0.3) is 0 Å². The van der Waals surface area contributed by atoms with E-state index in [1.165, 1.54) is 0 Å². The van der Waals surface area contributed by atoms with Gasteiger partial charge in [-0.15, -0.1) is 0 Å². The van der Waals surface area contributed by atoms with Gasteiger partial charge in [0, 0.05) is 13.1 Å². The molecule has 29 heavy (non-hydrogen) atoms. The van der Waals surface area contributed by atoms with Crippen LogP contribution >= 0.6 is 27.0 Å². The fourth-order valence-electron chi connectivity index (χ4n) is 1.60. The molecule has 8 nitrogen and oxygen atoms in total. The zero-order valence-electron chi connectivity index (χ0n) is 19.6. The van der Waals surface area contributed by atoms with E-state index in [4.69, 9.17) is 19.3 Å². The van der Waals surface area contributed by atoms with Gasteiger partial charge in [0.1, 0.15) is 11.2 Å². The zero-order chi connectivity index (χ0) is 21.8. The Labute approximate surface area is 190 Å². The van der Waals surface area contributed by atoms with Crippen LogP contribution in [0.3, 0.4) is 0 Å². The number of hydrogen-bond acceptors (Lipinski definition) is 6. The summed E-state index contributed by atoms with van der Waals surface area (Å²) in [6.07, 6.45) is -1.28. The molecule has 0 saturated heterocycles. The highest BCUT2D eigenvalue weighted by Gasteiger charge is 2.17. The van der Waals surface area contributed by atoms with Gasteiger partial charge >= 0.3 is 12.2 Å². The van der Waals surface area contributed by atoms with Gasteiger partial charge in [0.05, 0.1) is 18.3 Å². The van der Waals surface area contributed by atoms with Gasteiger partial charge < -0.3 is 30.0 Å². The smallest absolute Gasteiger partial charge is 0.407 e. The Balaban J connectivity index is -0.000000206. The first-order chi connectivity index (χ1) is 12.0. The highest BCUT2D eigenvalue weighted by Crippen LogP contribution is 2.07. The molecule has 0 fully saturated rings. The lowest BCUT2D eigenvalue weighted by Gasteiger charge is -2.21. The maximum absolute atomic E-state index is 11.3. The van der Waals surface area contributed by atoms with E-state index in [0.717, 1.165) is 0 Å². The van der Waals surface area contributed by atoms with Gasteiger partial charge in [0.15, 0.2) is 0 Å². The van der Waals surface area contributed by atoms with Gasteiger partial charge in [-0.25, -0.2) is 9.59 Å². The summed E-state index contributed by atoms with van der Waals surface area (Å²) in [6.45, 7) is 19.0. The predicted molar refractivity (Wildman–Crippen MR) is 127 cm³/mol. The van der Waals surface area contributed by atoms with Crippen molar-refractivity contribution in [1.29, 1.82) is 0 Å². The SMILES string of the molecule is CC(C)O[C@@H](C)CNC(=O)OC(C)(C)C.C[C@H](O)CNC(=O)OC(C)(C)C.S.S. The Kier molecular flexibility index (Phi) is 20.7. The first-order valence-electron chi connectivity index (χ1n) is 9.29. The monoisotopic (exact) mass is 460 g/mol. The molecule has 0 aliphatic heterocycles. The molecule has 2 atom stereocenters. The second-order valence-corrected chi connectivity index (χ2v) is 8.61. The van der Waals surface area contributed by atoms with Crippen LogP contribution in [-0.4, -0.2) is 59.9 Å². The molecule has 0 aromatic carbocycles. The quantitative estimate of drug-likeness (QED) is 0.561. The van der Waals surface area contributed by atoms with Crippen LogP contribution in [0.25, 0.3) is 0 Å². The van der Waals surface area contributed by atoms with Crippen LogP contribution in [0.5, 0.6) is 0 Å². The van der Waals surface area contributed by atoms with Crippen LogP contribution in [0.15, 0.2) is 0 Å². The number of carbonyl (C=O) groups excluding carboxylic acids is 2. The number of aliphatic hydroxyl groups excluding tert-OH is 1. The average Bonchev–Trinajstić information content (AvgIpc) is 2.39. The topological polar surface area (TPSA) is 106 Å². The molecule has 2 amide bonds. The second-order valence-electron chi connectivity index (χ2n) is 8.61. The molecule has 0 aliphatic carbocycles. The average molecular weight is 461 g/mol. The normalized spacial score (nSPS) is 12.8. The molecule has 0 spiro atoms. The van der Waals surface area contributed by atoms with Gasteiger partial charge in [-0.2, -0.15) is 27.0 Å². The first-order valence-corrected chi connectivity index (χ1v) is 9.29. The lowest BCUT2D eigenvalue weighted by atomic mass is 10.2. The molecular weight excluding hydrogens is 416 g/mol. The van der Waals surface area contributed by atoms with Crippen LogP contribution in [0.2, 0.25) is 0 Å². The number of nitrogens with one attached hydrogen (secondary N) is 2.